The van der Waals surface area contributed by atoms with E-state index in [9.17, 15) is 14.7 Å². The van der Waals surface area contributed by atoms with E-state index in [2.05, 4.69) is 10.3 Å². The molecule has 0 saturated carbocycles. The number of carbonyl (C=O) groups excluding carboxylic acids is 2. The molecule has 2 fully saturated rings. The normalized spacial score (nSPS) is 32.5. The molecule has 0 spiro atoms. The average Bonchev–Trinajstić information content (AvgIpc) is 2.83. The van der Waals surface area contributed by atoms with Crippen molar-refractivity contribution in [2.24, 2.45) is 0 Å². The molecule has 7 nitrogen and oxygen atoms in total. The van der Waals surface area contributed by atoms with Crippen molar-refractivity contribution in [1.82, 2.24) is 19.9 Å². The molecule has 19 heavy (non-hydrogen) atoms. The molecular formula is C10H11N4NaO3S. The van der Waals surface area contributed by atoms with E-state index < -0.39 is 16.8 Å². The van der Waals surface area contributed by atoms with Gasteiger partial charge in [0.15, 0.2) is 0 Å². The quantitative estimate of drug-likeness (QED) is 0.411. The van der Waals surface area contributed by atoms with Gasteiger partial charge in [0, 0.05) is 6.20 Å². The molecule has 96 valence electrons. The predicted octanol–water partition coefficient (Wildman–Crippen LogP) is -4.54. The molecule has 2 aliphatic rings. The Kier molecular flexibility index (Phi) is 3.97. The minimum Gasteiger partial charge on any atom is -0.548 e. The van der Waals surface area contributed by atoms with Crippen LogP contribution in [0.5, 0.6) is 0 Å². The largest absolute Gasteiger partial charge is 1.00 e. The standard InChI is InChI=1S/C10H12N4O3S.Na/c1-10(5-13-3-2-11-12-13)8(9(16)17)14-6(15)4-7(14)18-10;/h2-3,7-8H,4-5H2,1H3,(H,16,17);/q;+1/p-1/t7-,8+,10+;/m1./s1. The molecule has 1 amide bonds. The van der Waals surface area contributed by atoms with E-state index in [1.165, 1.54) is 22.9 Å². The van der Waals surface area contributed by atoms with Gasteiger partial charge in [-0.1, -0.05) is 5.21 Å². The number of carboxylic acids is 1. The molecule has 0 N–H and O–H groups in total. The Hall–Kier alpha value is -0.570. The third-order valence-electron chi connectivity index (χ3n) is 3.38. The molecule has 0 unspecified atom stereocenters. The van der Waals surface area contributed by atoms with Gasteiger partial charge in [0.1, 0.15) is 0 Å². The zero-order chi connectivity index (χ0) is 12.9. The molecule has 1 aromatic rings. The number of carbonyl (C=O) groups is 2. The van der Waals surface area contributed by atoms with Gasteiger partial charge < -0.3 is 14.8 Å². The van der Waals surface area contributed by atoms with E-state index in [4.69, 9.17) is 0 Å². The summed E-state index contributed by atoms with van der Waals surface area (Å²) < 4.78 is 0.947. The molecular weight excluding hydrogens is 279 g/mol. The molecule has 0 aromatic carbocycles. The molecule has 0 bridgehead atoms. The number of hydrogen-bond acceptors (Lipinski definition) is 6. The first kappa shape index (κ1) is 14.8. The SMILES string of the molecule is C[C@@]1(Cn2ccnn2)S[C@@H]2CC(=O)N2[C@H]1C(=O)[O-].[Na+]. The maximum Gasteiger partial charge on any atom is 1.00 e. The maximum atomic E-state index is 11.5. The van der Waals surface area contributed by atoms with Gasteiger partial charge in [-0.15, -0.1) is 16.9 Å². The minimum absolute atomic E-state index is 0. The molecule has 3 heterocycles. The first-order chi connectivity index (χ1) is 8.51. The summed E-state index contributed by atoms with van der Waals surface area (Å²) in [6, 6.07) is -0.905. The van der Waals surface area contributed by atoms with Crippen LogP contribution in [0.2, 0.25) is 0 Å². The van der Waals surface area contributed by atoms with Crippen molar-refractivity contribution in [2.45, 2.75) is 36.1 Å². The predicted molar refractivity (Wildman–Crippen MR) is 60.1 cm³/mol. The Bertz CT molecular complexity index is 511. The van der Waals surface area contributed by atoms with Crippen LogP contribution in [0.15, 0.2) is 12.4 Å². The summed E-state index contributed by atoms with van der Waals surface area (Å²) in [4.78, 5) is 24.2. The smallest absolute Gasteiger partial charge is 0.548 e. The van der Waals surface area contributed by atoms with E-state index in [0.717, 1.165) is 0 Å². The number of fused-ring (bicyclic) bond motifs is 1. The van der Waals surface area contributed by atoms with Crippen molar-refractivity contribution >= 4 is 23.6 Å². The van der Waals surface area contributed by atoms with Gasteiger partial charge in [-0.25, -0.2) is 0 Å². The summed E-state index contributed by atoms with van der Waals surface area (Å²) in [6.45, 7) is 2.21. The van der Waals surface area contributed by atoms with Crippen LogP contribution >= 0.6 is 11.8 Å². The summed E-state index contributed by atoms with van der Waals surface area (Å²) in [6.07, 6.45) is 3.62. The van der Waals surface area contributed by atoms with E-state index in [-0.39, 0.29) is 40.8 Å². The Morgan fingerprint density at radius 2 is 2.42 bits per heavy atom. The molecule has 0 radical (unpaired) electrons. The molecule has 2 aliphatic heterocycles. The Morgan fingerprint density at radius 3 is 2.95 bits per heavy atom. The number of rotatable bonds is 3. The van der Waals surface area contributed by atoms with Gasteiger partial charge in [-0.2, -0.15) is 0 Å². The van der Waals surface area contributed by atoms with Gasteiger partial charge in [-0.3, -0.25) is 9.48 Å². The van der Waals surface area contributed by atoms with E-state index in [0.29, 0.717) is 13.0 Å². The number of carboxylic acid groups (broad SMARTS) is 1. The van der Waals surface area contributed by atoms with Crippen molar-refractivity contribution < 1.29 is 44.3 Å². The average molecular weight is 290 g/mol. The zero-order valence-electron chi connectivity index (χ0n) is 10.6. The second kappa shape index (κ2) is 5.08. The summed E-state index contributed by atoms with van der Waals surface area (Å²) in [7, 11) is 0. The molecule has 3 rings (SSSR count). The van der Waals surface area contributed by atoms with E-state index >= 15 is 0 Å². The first-order valence-electron chi connectivity index (χ1n) is 5.55. The van der Waals surface area contributed by atoms with Crippen LogP contribution in [0.25, 0.3) is 0 Å². The second-order valence-corrected chi connectivity index (χ2v) is 6.42. The Morgan fingerprint density at radius 1 is 1.68 bits per heavy atom. The van der Waals surface area contributed by atoms with Gasteiger partial charge in [0.2, 0.25) is 5.91 Å². The van der Waals surface area contributed by atoms with Crippen LogP contribution in [0.1, 0.15) is 13.3 Å². The monoisotopic (exact) mass is 290 g/mol. The van der Waals surface area contributed by atoms with Crippen LogP contribution in [0, 0.1) is 0 Å². The first-order valence-corrected chi connectivity index (χ1v) is 6.43. The number of β-lactam (4-membered cyclic amide) rings is 1. The van der Waals surface area contributed by atoms with E-state index in [1.54, 1.807) is 10.9 Å². The van der Waals surface area contributed by atoms with Gasteiger partial charge in [0.05, 0.1) is 41.3 Å². The van der Waals surface area contributed by atoms with Crippen LogP contribution in [-0.2, 0) is 16.1 Å². The maximum absolute atomic E-state index is 11.5. The number of aliphatic carboxylic acids is 1. The second-order valence-electron chi connectivity index (χ2n) is 4.71. The zero-order valence-corrected chi connectivity index (χ0v) is 13.5. The van der Waals surface area contributed by atoms with E-state index in [1.807, 2.05) is 6.92 Å². The number of amides is 1. The van der Waals surface area contributed by atoms with Crippen molar-refractivity contribution in [3.05, 3.63) is 12.4 Å². The summed E-state index contributed by atoms with van der Waals surface area (Å²) in [5.74, 6) is -1.33. The summed E-state index contributed by atoms with van der Waals surface area (Å²) >= 11 is 1.50. The van der Waals surface area contributed by atoms with Gasteiger partial charge in [0.25, 0.3) is 0 Å². The fraction of sp³-hybridized carbons (Fsp3) is 0.600. The summed E-state index contributed by atoms with van der Waals surface area (Å²) in [5, 5.41) is 18.8. The molecule has 1 aromatic heterocycles. The van der Waals surface area contributed by atoms with Crippen molar-refractivity contribution in [1.29, 1.82) is 0 Å². The molecule has 0 aliphatic carbocycles. The van der Waals surface area contributed by atoms with Crippen LogP contribution < -0.4 is 34.7 Å². The third kappa shape index (κ3) is 2.31. The number of aromatic nitrogens is 3. The molecule has 9 heteroatoms. The van der Waals surface area contributed by atoms with Crippen LogP contribution in [-0.4, -0.2) is 47.9 Å². The third-order valence-corrected chi connectivity index (χ3v) is 4.94. The Balaban J connectivity index is 0.00000133. The molecule has 3 atom stereocenters. The number of thioether (sulfide) groups is 1. The fourth-order valence-electron chi connectivity index (χ4n) is 2.60. The van der Waals surface area contributed by atoms with Crippen LogP contribution in [0.4, 0.5) is 0 Å². The van der Waals surface area contributed by atoms with Crippen LogP contribution in [0.3, 0.4) is 0 Å². The number of hydrogen-bond donors (Lipinski definition) is 0. The van der Waals surface area contributed by atoms with Gasteiger partial charge >= 0.3 is 29.6 Å². The minimum atomic E-state index is -1.21. The summed E-state index contributed by atoms with van der Waals surface area (Å²) in [5.41, 5.74) is 0. The molecule has 2 saturated heterocycles. The fourth-order valence-corrected chi connectivity index (χ4v) is 4.35. The number of nitrogens with zero attached hydrogens (tertiary/aromatic N) is 4. The topological polar surface area (TPSA) is 91.2 Å². The Labute approximate surface area is 136 Å². The van der Waals surface area contributed by atoms with Crippen molar-refractivity contribution in [3.63, 3.8) is 0 Å². The van der Waals surface area contributed by atoms with Crippen molar-refractivity contribution in [2.75, 3.05) is 0 Å². The van der Waals surface area contributed by atoms with Crippen molar-refractivity contribution in [3.8, 4) is 0 Å². The van der Waals surface area contributed by atoms with Gasteiger partial charge in [-0.05, 0) is 6.92 Å².